The molecule has 98 valence electrons. The maximum absolute atomic E-state index is 12.1. The molecular weight excluding hydrogens is 276 g/mol. The Morgan fingerprint density at radius 1 is 1.61 bits per heavy atom. The van der Waals surface area contributed by atoms with E-state index in [0.29, 0.717) is 0 Å². The molecule has 1 N–H and O–H groups in total. The fourth-order valence-corrected chi connectivity index (χ4v) is 4.07. The smallest absolute Gasteiger partial charge is 0.336 e. The van der Waals surface area contributed by atoms with Crippen LogP contribution in [0.25, 0.3) is 0 Å². The molecule has 0 saturated heterocycles. The van der Waals surface area contributed by atoms with E-state index in [-0.39, 0.29) is 29.3 Å². The second-order valence-corrected chi connectivity index (χ2v) is 6.44. The number of carboxylic acids is 1. The Morgan fingerprint density at radius 2 is 2.28 bits per heavy atom. The number of hydrogen-bond acceptors (Lipinski definition) is 5. The van der Waals surface area contributed by atoms with Crippen LogP contribution in [-0.2, 0) is 10.0 Å². The summed E-state index contributed by atoms with van der Waals surface area (Å²) in [7, 11) is -3.70. The van der Waals surface area contributed by atoms with Crippen molar-refractivity contribution < 1.29 is 18.3 Å². The molecule has 0 bridgehead atoms. The Kier molecular flexibility index (Phi) is 4.84. The lowest BCUT2D eigenvalue weighted by atomic mass is 10.4. The average Bonchev–Trinajstić information content (AvgIpc) is 2.79. The lowest BCUT2D eigenvalue weighted by Gasteiger charge is -2.17. The maximum Gasteiger partial charge on any atom is 0.336 e. The van der Waals surface area contributed by atoms with Crippen LogP contribution in [0.4, 0.5) is 0 Å². The van der Waals surface area contributed by atoms with Crippen molar-refractivity contribution in [2.24, 2.45) is 0 Å². The molecule has 0 aliphatic rings. The first kappa shape index (κ1) is 14.6. The summed E-state index contributed by atoms with van der Waals surface area (Å²) in [6.07, 6.45) is 0.101. The third-order valence-corrected chi connectivity index (χ3v) is 5.63. The molecule has 0 amide bonds. The SMILES string of the molecule is CCN(CCC#N)S(=O)(=O)c1cc(C(=O)O)cs1. The molecular formula is C10H12N2O4S2. The van der Waals surface area contributed by atoms with Gasteiger partial charge in [-0.3, -0.25) is 0 Å². The zero-order valence-corrected chi connectivity index (χ0v) is 11.3. The van der Waals surface area contributed by atoms with E-state index < -0.39 is 16.0 Å². The molecule has 0 saturated carbocycles. The molecule has 18 heavy (non-hydrogen) atoms. The minimum atomic E-state index is -3.70. The molecule has 0 aliphatic carbocycles. The number of sulfonamides is 1. The van der Waals surface area contributed by atoms with Crippen LogP contribution < -0.4 is 0 Å². The molecule has 0 aromatic carbocycles. The summed E-state index contributed by atoms with van der Waals surface area (Å²) < 4.78 is 25.4. The first-order valence-corrected chi connectivity index (χ1v) is 7.44. The standard InChI is InChI=1S/C10H12N2O4S2/c1-2-12(5-3-4-11)18(15,16)9-6-8(7-17-9)10(13)14/h6-7H,2-3,5H2,1H3,(H,13,14). The normalized spacial score (nSPS) is 11.4. The lowest BCUT2D eigenvalue weighted by Crippen LogP contribution is -2.31. The predicted octanol–water partition coefficient (Wildman–Crippen LogP) is 1.37. The Morgan fingerprint density at radius 3 is 2.72 bits per heavy atom. The van der Waals surface area contributed by atoms with E-state index in [1.54, 1.807) is 6.92 Å². The van der Waals surface area contributed by atoms with Crippen LogP contribution in [-0.4, -0.2) is 36.9 Å². The molecule has 1 aromatic heterocycles. The lowest BCUT2D eigenvalue weighted by molar-refractivity contribution is 0.0697. The van der Waals surface area contributed by atoms with Gasteiger partial charge in [-0.1, -0.05) is 6.92 Å². The van der Waals surface area contributed by atoms with E-state index in [1.165, 1.54) is 5.38 Å². The number of thiophene rings is 1. The number of carbonyl (C=O) groups is 1. The van der Waals surface area contributed by atoms with Crippen LogP contribution in [0.5, 0.6) is 0 Å². The van der Waals surface area contributed by atoms with E-state index in [2.05, 4.69) is 0 Å². The Bertz CT molecular complexity index is 571. The van der Waals surface area contributed by atoms with E-state index in [9.17, 15) is 13.2 Å². The second-order valence-electron chi connectivity index (χ2n) is 3.36. The highest BCUT2D eigenvalue weighted by molar-refractivity contribution is 7.91. The van der Waals surface area contributed by atoms with Gasteiger partial charge in [0.2, 0.25) is 0 Å². The summed E-state index contributed by atoms with van der Waals surface area (Å²) in [5.41, 5.74) is -0.0464. The van der Waals surface area contributed by atoms with Crippen LogP contribution in [0.1, 0.15) is 23.7 Å². The molecule has 1 aromatic rings. The van der Waals surface area contributed by atoms with Gasteiger partial charge in [0.25, 0.3) is 10.0 Å². The molecule has 8 heteroatoms. The van der Waals surface area contributed by atoms with Crippen molar-refractivity contribution in [1.82, 2.24) is 4.31 Å². The highest BCUT2D eigenvalue weighted by Crippen LogP contribution is 2.24. The van der Waals surface area contributed by atoms with Crippen molar-refractivity contribution in [3.05, 3.63) is 17.0 Å². The first-order chi connectivity index (χ1) is 8.43. The molecule has 6 nitrogen and oxygen atoms in total. The summed E-state index contributed by atoms with van der Waals surface area (Å²) in [5, 5.41) is 18.5. The monoisotopic (exact) mass is 288 g/mol. The number of aromatic carboxylic acids is 1. The number of nitrogens with zero attached hydrogens (tertiary/aromatic N) is 2. The third kappa shape index (κ3) is 3.07. The van der Waals surface area contributed by atoms with Gasteiger partial charge in [-0.15, -0.1) is 11.3 Å². The van der Waals surface area contributed by atoms with Crippen molar-refractivity contribution in [2.75, 3.05) is 13.1 Å². The summed E-state index contributed by atoms with van der Waals surface area (Å²) in [6, 6.07) is 3.02. The van der Waals surface area contributed by atoms with Gasteiger partial charge in [0.05, 0.1) is 11.6 Å². The van der Waals surface area contributed by atoms with Crippen molar-refractivity contribution in [1.29, 1.82) is 5.26 Å². The number of nitriles is 1. The summed E-state index contributed by atoms with van der Waals surface area (Å²) in [5.74, 6) is -1.16. The van der Waals surface area contributed by atoms with E-state index in [1.807, 2.05) is 6.07 Å². The van der Waals surface area contributed by atoms with Gasteiger partial charge in [-0.2, -0.15) is 9.57 Å². The molecule has 1 rings (SSSR count). The Balaban J connectivity index is 3.03. The molecule has 0 radical (unpaired) electrons. The molecule has 0 unspecified atom stereocenters. The molecule has 0 spiro atoms. The molecule has 0 fully saturated rings. The minimum absolute atomic E-state index is 0.0142. The van der Waals surface area contributed by atoms with Gasteiger partial charge in [0.15, 0.2) is 0 Å². The van der Waals surface area contributed by atoms with Crippen molar-refractivity contribution in [2.45, 2.75) is 17.6 Å². The van der Waals surface area contributed by atoms with Gasteiger partial charge in [-0.25, -0.2) is 13.2 Å². The Labute approximate surface area is 109 Å². The van der Waals surface area contributed by atoms with E-state index in [0.717, 1.165) is 21.7 Å². The highest BCUT2D eigenvalue weighted by atomic mass is 32.2. The van der Waals surface area contributed by atoms with Crippen LogP contribution in [0.15, 0.2) is 15.7 Å². The van der Waals surface area contributed by atoms with Crippen molar-refractivity contribution in [3.8, 4) is 6.07 Å². The van der Waals surface area contributed by atoms with Crippen LogP contribution in [0, 0.1) is 11.3 Å². The summed E-state index contributed by atoms with van der Waals surface area (Å²) in [4.78, 5) is 10.7. The minimum Gasteiger partial charge on any atom is -0.478 e. The molecule has 1 heterocycles. The number of hydrogen-bond donors (Lipinski definition) is 1. The second kappa shape index (κ2) is 5.95. The zero-order chi connectivity index (χ0) is 13.8. The topological polar surface area (TPSA) is 98.5 Å². The molecule has 0 atom stereocenters. The van der Waals surface area contributed by atoms with Crippen molar-refractivity contribution >= 4 is 27.3 Å². The van der Waals surface area contributed by atoms with Gasteiger partial charge >= 0.3 is 5.97 Å². The maximum atomic E-state index is 12.1. The summed E-state index contributed by atoms with van der Waals surface area (Å²) >= 11 is 0.869. The van der Waals surface area contributed by atoms with Crippen LogP contribution >= 0.6 is 11.3 Å². The third-order valence-electron chi connectivity index (χ3n) is 2.24. The molecule has 0 aliphatic heterocycles. The van der Waals surface area contributed by atoms with Gasteiger partial charge in [0, 0.05) is 24.9 Å². The number of carboxylic acid groups (broad SMARTS) is 1. The quantitative estimate of drug-likeness (QED) is 0.852. The van der Waals surface area contributed by atoms with Crippen LogP contribution in [0.3, 0.4) is 0 Å². The van der Waals surface area contributed by atoms with E-state index >= 15 is 0 Å². The first-order valence-electron chi connectivity index (χ1n) is 5.12. The van der Waals surface area contributed by atoms with Crippen LogP contribution in [0.2, 0.25) is 0 Å². The van der Waals surface area contributed by atoms with Crippen molar-refractivity contribution in [3.63, 3.8) is 0 Å². The Hall–Kier alpha value is -1.43. The highest BCUT2D eigenvalue weighted by Gasteiger charge is 2.25. The number of rotatable bonds is 6. The van der Waals surface area contributed by atoms with Gasteiger partial charge < -0.3 is 5.11 Å². The fraction of sp³-hybridized carbons (Fsp3) is 0.400. The van der Waals surface area contributed by atoms with Gasteiger partial charge in [0.1, 0.15) is 4.21 Å². The largest absolute Gasteiger partial charge is 0.478 e. The average molecular weight is 288 g/mol. The fourth-order valence-electron chi connectivity index (χ4n) is 1.31. The predicted molar refractivity (Wildman–Crippen MR) is 65.9 cm³/mol. The summed E-state index contributed by atoms with van der Waals surface area (Å²) in [6.45, 7) is 2.01. The van der Waals surface area contributed by atoms with E-state index in [4.69, 9.17) is 10.4 Å². The zero-order valence-electron chi connectivity index (χ0n) is 9.66. The van der Waals surface area contributed by atoms with Gasteiger partial charge in [-0.05, 0) is 6.07 Å².